The summed E-state index contributed by atoms with van der Waals surface area (Å²) in [5, 5.41) is 44.9. The Kier molecular flexibility index (Phi) is 19.6. The monoisotopic (exact) mass is 1210 g/mol. The first-order valence-corrected chi connectivity index (χ1v) is 29.6. The van der Waals surface area contributed by atoms with Gasteiger partial charge >= 0.3 is 0 Å². The number of aryl methyl sites for hydroxylation is 6. The van der Waals surface area contributed by atoms with Crippen LogP contribution < -0.4 is 21.7 Å². The first kappa shape index (κ1) is 61.1. The number of anilines is 3. The topological polar surface area (TPSA) is 279 Å². The lowest BCUT2D eigenvalue weighted by atomic mass is 10.1. The second-order valence-electron chi connectivity index (χ2n) is 21.6. The molecule has 90 heavy (non-hydrogen) atoms. The summed E-state index contributed by atoms with van der Waals surface area (Å²) >= 11 is 0. The van der Waals surface area contributed by atoms with Crippen LogP contribution in [0.2, 0.25) is 0 Å². The number of aliphatic hydroxyl groups excluding tert-OH is 1. The van der Waals surface area contributed by atoms with Crippen LogP contribution in [0.3, 0.4) is 0 Å². The highest BCUT2D eigenvalue weighted by Gasteiger charge is 2.18. The molecule has 0 spiro atoms. The van der Waals surface area contributed by atoms with Crippen LogP contribution in [-0.2, 0) is 47.0 Å². The van der Waals surface area contributed by atoms with Crippen molar-refractivity contribution in [2.24, 2.45) is 48.0 Å². The highest BCUT2D eigenvalue weighted by Crippen LogP contribution is 2.33. The van der Waals surface area contributed by atoms with E-state index >= 15 is 0 Å². The van der Waals surface area contributed by atoms with E-state index in [2.05, 4.69) is 91.7 Å². The maximum atomic E-state index is 9.11. The molecule has 1 aliphatic rings. The summed E-state index contributed by atoms with van der Waals surface area (Å²) in [7, 11) is 11.4. The molecule has 0 radical (unpaired) electrons. The van der Waals surface area contributed by atoms with Gasteiger partial charge in [-0.3, -0.25) is 33.0 Å². The third-order valence-electron chi connectivity index (χ3n) is 14.8. The summed E-state index contributed by atoms with van der Waals surface area (Å²) in [5.41, 5.74) is 20.5. The van der Waals surface area contributed by atoms with E-state index in [0.29, 0.717) is 43.5 Å². The molecule has 0 amide bonds. The van der Waals surface area contributed by atoms with E-state index in [1.807, 2.05) is 165 Å². The molecule has 1 fully saturated rings. The number of nitrogens with two attached hydrogens (primary N) is 1. The maximum Gasteiger partial charge on any atom is 0.161 e. The van der Waals surface area contributed by atoms with Crippen molar-refractivity contribution in [3.05, 3.63) is 166 Å². The minimum absolute atomic E-state index is 0.125. The number of hydrogen-bond acceptors (Lipinski definition) is 19. The molecule has 0 saturated carbocycles. The predicted octanol–water partition coefficient (Wildman–Crippen LogP) is 7.74. The van der Waals surface area contributed by atoms with Gasteiger partial charge in [0.25, 0.3) is 0 Å². The molecule has 0 unspecified atom stereocenters. The molecular weight excluding hydrogens is 1130 g/mol. The van der Waals surface area contributed by atoms with Crippen LogP contribution in [0.4, 0.5) is 17.5 Å². The fourth-order valence-electron chi connectivity index (χ4n) is 10.1. The quantitative estimate of drug-likeness (QED) is 0.0456. The smallest absolute Gasteiger partial charge is 0.161 e. The Morgan fingerprint density at radius 1 is 0.411 bits per heavy atom. The van der Waals surface area contributed by atoms with Crippen LogP contribution in [0.1, 0.15) is 6.42 Å². The van der Waals surface area contributed by atoms with Gasteiger partial charge in [-0.25, -0.2) is 29.9 Å². The second-order valence-corrected chi connectivity index (χ2v) is 21.6. The van der Waals surface area contributed by atoms with Gasteiger partial charge in [0.15, 0.2) is 17.5 Å². The average molecular weight is 1210 g/mol. The van der Waals surface area contributed by atoms with Crippen molar-refractivity contribution in [3.8, 4) is 101 Å². The summed E-state index contributed by atoms with van der Waals surface area (Å²) in [5.74, 6) is 4.25. The maximum absolute atomic E-state index is 9.11. The molecule has 0 bridgehead atoms. The third-order valence-corrected chi connectivity index (χ3v) is 14.8. The first-order chi connectivity index (χ1) is 43.9. The van der Waals surface area contributed by atoms with Crippen LogP contribution in [0.25, 0.3) is 101 Å². The van der Waals surface area contributed by atoms with Crippen LogP contribution in [0.15, 0.2) is 166 Å². The Morgan fingerprint density at radius 2 is 0.733 bits per heavy atom. The molecule has 10 heterocycles. The number of ether oxygens (including phenoxy) is 1. The van der Waals surface area contributed by atoms with Gasteiger partial charge in [-0.1, -0.05) is 54.6 Å². The van der Waals surface area contributed by atoms with Crippen molar-refractivity contribution < 1.29 is 9.84 Å². The molecule has 460 valence electrons. The first-order valence-electron chi connectivity index (χ1n) is 29.6. The highest BCUT2D eigenvalue weighted by molar-refractivity contribution is 5.80. The van der Waals surface area contributed by atoms with Gasteiger partial charge in [0.05, 0.1) is 50.4 Å². The Morgan fingerprint density at radius 3 is 1.06 bits per heavy atom. The predicted molar refractivity (Wildman–Crippen MR) is 349 cm³/mol. The Balaban J connectivity index is 0.000000139. The molecule has 1 aliphatic heterocycles. The lowest BCUT2D eigenvalue weighted by Crippen LogP contribution is -2.39. The molecular formula is C65H73N23O2. The van der Waals surface area contributed by atoms with Gasteiger partial charge in [0, 0.05) is 217 Å². The van der Waals surface area contributed by atoms with Crippen molar-refractivity contribution in [1.29, 1.82) is 0 Å². The molecule has 1 saturated heterocycles. The summed E-state index contributed by atoms with van der Waals surface area (Å²) in [6, 6.07) is 24.5. The van der Waals surface area contributed by atoms with Gasteiger partial charge in [0.1, 0.15) is 17.5 Å². The lowest BCUT2D eigenvalue weighted by molar-refractivity contribution is 0.0398. The molecule has 3 aromatic carbocycles. The minimum atomic E-state index is 0.125. The van der Waals surface area contributed by atoms with Crippen LogP contribution in [0, 0.1) is 0 Å². The van der Waals surface area contributed by atoms with Crippen molar-refractivity contribution in [2.45, 2.75) is 6.42 Å². The zero-order valence-electron chi connectivity index (χ0n) is 51.3. The molecule has 12 aromatic rings. The molecule has 0 aliphatic carbocycles. The number of morpholine rings is 1. The van der Waals surface area contributed by atoms with E-state index in [1.165, 1.54) is 0 Å². The zero-order chi connectivity index (χ0) is 62.3. The van der Waals surface area contributed by atoms with E-state index in [9.17, 15) is 0 Å². The molecule has 0 atom stereocenters. The van der Waals surface area contributed by atoms with Crippen LogP contribution in [-0.4, -0.2) is 164 Å². The molecule has 25 heteroatoms. The molecule has 9 aromatic heterocycles. The van der Waals surface area contributed by atoms with Crippen molar-refractivity contribution >= 4 is 17.5 Å². The Hall–Kier alpha value is -10.6. The zero-order valence-corrected chi connectivity index (χ0v) is 51.3. The second kappa shape index (κ2) is 28.9. The Bertz CT molecular complexity index is 4300. The number of nitrogens with zero attached hydrogens (tertiary/aromatic N) is 19. The van der Waals surface area contributed by atoms with E-state index in [-0.39, 0.29) is 6.61 Å². The van der Waals surface area contributed by atoms with Crippen LogP contribution >= 0.6 is 0 Å². The number of aromatic nitrogens is 18. The van der Waals surface area contributed by atoms with Gasteiger partial charge in [0.2, 0.25) is 0 Å². The normalized spacial score (nSPS) is 12.3. The highest BCUT2D eigenvalue weighted by atomic mass is 16.5. The third kappa shape index (κ3) is 15.4. The standard InChI is InChI=1S/C24H28N8O.C21H23N7O.C20H22N8/c1-30-16-20(13-27-30)18-4-3-5-19(12-18)23-26-15-22(21-14-28-31(2)17-21)24(29-23)25-6-7-32-8-10-33-11-9-32;1-27-13-17(10-24-27)15-5-3-6-16(9-15)20-23-12-19(18-11-25-28(2)14-18)21(26-20)22-7-4-8-29;1-27-12-16(9-24-27)14-4-3-5-15(8-14)19-23-11-18(17-10-25-28(2)13-17)20(26-19)22-7-6-21/h3-5,12-17H,6-11H2,1-2H3,(H,25,26,29);3,5-6,9-14,29H,4,7-8H2,1-2H3,(H,22,23,26);3-5,8-13H,6-7,21H2,1-2H3,(H,22,23,26). The van der Waals surface area contributed by atoms with Gasteiger partial charge in [-0.15, -0.1) is 0 Å². The van der Waals surface area contributed by atoms with E-state index in [0.717, 1.165) is 140 Å². The van der Waals surface area contributed by atoms with Gasteiger partial charge in [-0.2, -0.15) is 30.6 Å². The fraction of sp³-hybridized carbons (Fsp3) is 0.262. The van der Waals surface area contributed by atoms with E-state index in [4.69, 9.17) is 35.5 Å². The van der Waals surface area contributed by atoms with E-state index < -0.39 is 0 Å². The summed E-state index contributed by atoms with van der Waals surface area (Å²) in [6.45, 7) is 7.14. The fourth-order valence-corrected chi connectivity index (χ4v) is 10.1. The summed E-state index contributed by atoms with van der Waals surface area (Å²) in [6.07, 6.45) is 29.0. The van der Waals surface area contributed by atoms with Gasteiger partial charge < -0.3 is 31.5 Å². The van der Waals surface area contributed by atoms with E-state index in [1.54, 1.807) is 40.5 Å². The largest absolute Gasteiger partial charge is 0.396 e. The van der Waals surface area contributed by atoms with Crippen molar-refractivity contribution in [3.63, 3.8) is 0 Å². The van der Waals surface area contributed by atoms with Crippen molar-refractivity contribution in [2.75, 3.05) is 81.6 Å². The Labute approximate surface area is 521 Å². The summed E-state index contributed by atoms with van der Waals surface area (Å²) < 4.78 is 16.1. The molecule has 6 N–H and O–H groups in total. The summed E-state index contributed by atoms with van der Waals surface area (Å²) in [4.78, 5) is 30.8. The number of hydrogen-bond donors (Lipinski definition) is 5. The number of nitrogens with one attached hydrogen (secondary N) is 3. The molecule has 25 nitrogen and oxygen atoms in total. The number of rotatable bonds is 20. The SMILES string of the molecule is Cn1cc(-c2cccc(-c3ncc(-c4cnn(C)c4)c(NCCCO)n3)c2)cn1.Cn1cc(-c2cccc(-c3ncc(-c4cnn(C)c4)c(NCCN)n3)c2)cn1.Cn1cc(-c2cccc(-c3ncc(-c4cnn(C)c4)c(NCCN4CCOCC4)n3)c2)cn1. The van der Waals surface area contributed by atoms with Crippen LogP contribution in [0.5, 0.6) is 0 Å². The average Bonchev–Trinajstić information content (AvgIpc) is 3.47. The molecule has 13 rings (SSSR count). The lowest BCUT2D eigenvalue weighted by Gasteiger charge is -2.26. The minimum Gasteiger partial charge on any atom is -0.396 e. The van der Waals surface area contributed by atoms with Gasteiger partial charge in [-0.05, 0) is 41.3 Å². The number of aliphatic hydroxyl groups is 1. The number of benzene rings is 3. The van der Waals surface area contributed by atoms with Crippen molar-refractivity contribution in [1.82, 2.24) is 93.5 Å².